The number of nitriles is 1. The molecule has 7 rings (SSSR count). The number of piperazine rings is 1. The summed E-state index contributed by atoms with van der Waals surface area (Å²) in [6, 6.07) is 8.94. The van der Waals surface area contributed by atoms with Crippen molar-refractivity contribution < 1.29 is 14.3 Å². The predicted octanol–water partition coefficient (Wildman–Crippen LogP) is 3.53. The van der Waals surface area contributed by atoms with Gasteiger partial charge in [-0.05, 0) is 42.7 Å². The lowest BCUT2D eigenvalue weighted by Gasteiger charge is -2.43. The molecule has 44 heavy (non-hydrogen) atoms. The van der Waals surface area contributed by atoms with Gasteiger partial charge in [-0.1, -0.05) is 26.0 Å². The number of imidazole rings is 1. The van der Waals surface area contributed by atoms with E-state index in [1.807, 2.05) is 0 Å². The highest BCUT2D eigenvalue weighted by molar-refractivity contribution is 5.92. The number of ether oxygens (including phenoxy) is 2. The second-order valence-corrected chi connectivity index (χ2v) is 12.9. The van der Waals surface area contributed by atoms with Crippen LogP contribution in [0.5, 0.6) is 5.75 Å². The number of hydrogen-bond acceptors (Lipinski definition) is 9. The number of carbonyl (C=O) groups is 1. The molecular weight excluding hydrogens is 556 g/mol. The average Bonchev–Trinajstić information content (AvgIpc) is 3.72. The number of nitrogens with two attached hydrogens (primary N) is 1. The Balaban J connectivity index is 1.20. The summed E-state index contributed by atoms with van der Waals surface area (Å²) in [6.07, 6.45) is 7.59. The molecule has 2 saturated heterocycles. The number of nitrogens with one attached hydrogen (secondary N) is 2. The number of fused-ring (bicyclic) bond motifs is 3. The minimum absolute atomic E-state index is 0.120. The van der Waals surface area contributed by atoms with Gasteiger partial charge >= 0.3 is 0 Å². The minimum atomic E-state index is -0.334. The zero-order valence-electron chi connectivity index (χ0n) is 25.3. The van der Waals surface area contributed by atoms with E-state index >= 15 is 0 Å². The Labute approximate surface area is 257 Å². The zero-order chi connectivity index (χ0) is 30.4. The Hall–Kier alpha value is -4.14. The van der Waals surface area contributed by atoms with Crippen molar-refractivity contribution in [3.63, 3.8) is 0 Å². The Kier molecular flexibility index (Phi) is 7.64. The van der Waals surface area contributed by atoms with E-state index in [4.69, 9.17) is 20.2 Å². The SMILES string of the molecule is CC(C)CCOc1cc(N2CCN(C3COC3)CC2)ccc1-c1nc2ncc(C#N)c(N[C@H]3[C@@H](C(N)=O)[C@@H]4C=C[C@H]3C4)c2[nH]1. The summed E-state index contributed by atoms with van der Waals surface area (Å²) in [6.45, 7) is 10.6. The number of primary amides is 1. The van der Waals surface area contributed by atoms with Crippen molar-refractivity contribution in [1.82, 2.24) is 19.9 Å². The number of H-pyrrole nitrogens is 1. The second-order valence-electron chi connectivity index (χ2n) is 12.9. The van der Waals surface area contributed by atoms with Gasteiger partial charge in [-0.2, -0.15) is 5.26 Å². The highest BCUT2D eigenvalue weighted by Gasteiger charge is 2.47. The maximum Gasteiger partial charge on any atom is 0.223 e. The molecule has 11 nitrogen and oxygen atoms in total. The summed E-state index contributed by atoms with van der Waals surface area (Å²) in [5.74, 6) is 1.53. The molecule has 2 aromatic heterocycles. The maximum absolute atomic E-state index is 12.4. The summed E-state index contributed by atoms with van der Waals surface area (Å²) in [4.78, 5) is 30.1. The van der Waals surface area contributed by atoms with Gasteiger partial charge in [0, 0.05) is 50.2 Å². The number of allylic oxidation sites excluding steroid dienone is 1. The van der Waals surface area contributed by atoms with Crippen LogP contribution < -0.4 is 20.7 Å². The molecule has 4 N–H and O–H groups in total. The van der Waals surface area contributed by atoms with E-state index in [0.717, 1.165) is 69.2 Å². The van der Waals surface area contributed by atoms with Gasteiger partial charge in [-0.25, -0.2) is 9.97 Å². The number of aromatic nitrogens is 3. The molecular formula is C33H40N8O3. The fourth-order valence-corrected chi connectivity index (χ4v) is 7.10. The van der Waals surface area contributed by atoms with E-state index in [1.165, 1.54) is 6.20 Å². The molecule has 4 heterocycles. The topological polar surface area (TPSA) is 145 Å². The van der Waals surface area contributed by atoms with Crippen molar-refractivity contribution in [3.8, 4) is 23.2 Å². The van der Waals surface area contributed by atoms with E-state index < -0.39 is 0 Å². The Bertz CT molecular complexity index is 1610. The van der Waals surface area contributed by atoms with E-state index in [1.54, 1.807) is 0 Å². The molecule has 0 spiro atoms. The van der Waals surface area contributed by atoms with Gasteiger partial charge in [0.25, 0.3) is 0 Å². The van der Waals surface area contributed by atoms with Crippen LogP contribution in [0.1, 0.15) is 32.3 Å². The predicted molar refractivity (Wildman–Crippen MR) is 168 cm³/mol. The molecule has 3 aromatic rings. The first kappa shape index (κ1) is 28.6. The van der Waals surface area contributed by atoms with Crippen molar-refractivity contribution >= 4 is 28.4 Å². The van der Waals surface area contributed by atoms with Crippen LogP contribution in [0.2, 0.25) is 0 Å². The van der Waals surface area contributed by atoms with E-state index in [0.29, 0.717) is 46.8 Å². The quantitative estimate of drug-likeness (QED) is 0.299. The summed E-state index contributed by atoms with van der Waals surface area (Å²) < 4.78 is 11.8. The van der Waals surface area contributed by atoms with Gasteiger partial charge in [-0.3, -0.25) is 9.69 Å². The van der Waals surface area contributed by atoms with Gasteiger partial charge in [0.1, 0.15) is 23.2 Å². The first-order chi connectivity index (χ1) is 21.4. The normalized spacial score (nSPS) is 25.0. The van der Waals surface area contributed by atoms with Crippen LogP contribution in [0, 0.1) is 35.0 Å². The number of nitrogens with zero attached hydrogens (tertiary/aromatic N) is 5. The molecule has 3 fully saturated rings. The van der Waals surface area contributed by atoms with E-state index in [9.17, 15) is 10.1 Å². The molecule has 0 radical (unpaired) electrons. The monoisotopic (exact) mass is 596 g/mol. The van der Waals surface area contributed by atoms with Gasteiger partial charge in [0.2, 0.25) is 5.91 Å². The smallest absolute Gasteiger partial charge is 0.223 e. The number of pyridine rings is 1. The molecule has 4 aliphatic rings. The largest absolute Gasteiger partial charge is 0.493 e. The van der Waals surface area contributed by atoms with Crippen LogP contribution in [0.3, 0.4) is 0 Å². The van der Waals surface area contributed by atoms with Crippen molar-refractivity contribution in [3.05, 3.63) is 42.1 Å². The standard InChI is InChI=1S/C33H40N8O3/c1-19(2)7-12-44-26-14-23(40-8-10-41(11-9-40)24-17-43-18-24)5-6-25(26)32-38-30-29(22(15-34)16-36-33(30)39-32)37-28-21-4-3-20(13-21)27(28)31(35)42/h3-6,14,16,19-21,24,27-28H,7-13,17-18H2,1-2H3,(H2,35,42)(H2,36,37,38,39)/t20-,21+,27+,28-/m1/s1. The molecule has 230 valence electrons. The molecule has 4 atom stereocenters. The molecule has 2 aliphatic heterocycles. The molecule has 11 heteroatoms. The van der Waals surface area contributed by atoms with E-state index in [-0.39, 0.29) is 29.7 Å². The van der Waals surface area contributed by atoms with Crippen LogP contribution in [-0.4, -0.2) is 83.8 Å². The zero-order valence-corrected chi connectivity index (χ0v) is 25.3. The molecule has 1 saturated carbocycles. The van der Waals surface area contributed by atoms with Crippen LogP contribution in [0.4, 0.5) is 11.4 Å². The van der Waals surface area contributed by atoms with Crippen LogP contribution in [-0.2, 0) is 9.53 Å². The number of amides is 1. The number of rotatable bonds is 10. The first-order valence-corrected chi connectivity index (χ1v) is 15.8. The summed E-state index contributed by atoms with van der Waals surface area (Å²) in [5.41, 5.74) is 9.89. The maximum atomic E-state index is 12.4. The van der Waals surface area contributed by atoms with Crippen molar-refractivity contribution in [2.45, 2.75) is 38.8 Å². The number of aromatic amines is 1. The molecule has 1 amide bonds. The highest BCUT2D eigenvalue weighted by Crippen LogP contribution is 2.46. The minimum Gasteiger partial charge on any atom is -0.493 e. The van der Waals surface area contributed by atoms with Crippen LogP contribution >= 0.6 is 0 Å². The number of benzene rings is 1. The highest BCUT2D eigenvalue weighted by atomic mass is 16.5. The lowest BCUT2D eigenvalue weighted by molar-refractivity contribution is -0.122. The third-order valence-electron chi connectivity index (χ3n) is 9.73. The number of hydrogen-bond donors (Lipinski definition) is 3. The number of anilines is 2. The Morgan fingerprint density at radius 1 is 1.23 bits per heavy atom. The summed E-state index contributed by atoms with van der Waals surface area (Å²) in [5, 5.41) is 13.5. The first-order valence-electron chi connectivity index (χ1n) is 15.8. The molecule has 2 aliphatic carbocycles. The van der Waals surface area contributed by atoms with Crippen molar-refractivity contribution in [2.75, 3.05) is 56.2 Å². The fourth-order valence-electron chi connectivity index (χ4n) is 7.10. The number of carbonyl (C=O) groups excluding carboxylic acids is 1. The molecule has 2 bridgehead atoms. The van der Waals surface area contributed by atoms with Gasteiger partial charge < -0.3 is 30.4 Å². The van der Waals surface area contributed by atoms with Gasteiger partial charge in [0.15, 0.2) is 5.65 Å². The third kappa shape index (κ3) is 5.26. The molecule has 0 unspecified atom stereocenters. The summed E-state index contributed by atoms with van der Waals surface area (Å²) in [7, 11) is 0. The fraction of sp³-hybridized carbons (Fsp3) is 0.515. The van der Waals surface area contributed by atoms with E-state index in [2.05, 4.69) is 75.4 Å². The lowest BCUT2D eigenvalue weighted by atomic mass is 9.88. The Morgan fingerprint density at radius 2 is 2.02 bits per heavy atom. The van der Waals surface area contributed by atoms with Crippen LogP contribution in [0.25, 0.3) is 22.6 Å². The Morgan fingerprint density at radius 3 is 2.73 bits per heavy atom. The van der Waals surface area contributed by atoms with Crippen molar-refractivity contribution in [1.29, 1.82) is 5.26 Å². The van der Waals surface area contributed by atoms with Crippen molar-refractivity contribution in [2.24, 2.45) is 29.4 Å². The third-order valence-corrected chi connectivity index (χ3v) is 9.73. The average molecular weight is 597 g/mol. The summed E-state index contributed by atoms with van der Waals surface area (Å²) >= 11 is 0. The lowest BCUT2D eigenvalue weighted by Crippen LogP contribution is -2.56. The van der Waals surface area contributed by atoms with Gasteiger partial charge in [-0.15, -0.1) is 0 Å². The van der Waals surface area contributed by atoms with Gasteiger partial charge in [0.05, 0.1) is 48.6 Å². The van der Waals surface area contributed by atoms with Crippen LogP contribution in [0.15, 0.2) is 36.5 Å². The molecule has 1 aromatic carbocycles. The second kappa shape index (κ2) is 11.7.